The van der Waals surface area contributed by atoms with Crippen LogP contribution in [0.4, 0.5) is 10.2 Å². The second-order valence-corrected chi connectivity index (χ2v) is 9.51. The van der Waals surface area contributed by atoms with E-state index in [0.717, 1.165) is 37.3 Å². The van der Waals surface area contributed by atoms with Crippen LogP contribution in [0.3, 0.4) is 0 Å². The average molecular weight is 504 g/mol. The van der Waals surface area contributed by atoms with E-state index < -0.39 is 11.9 Å². The van der Waals surface area contributed by atoms with Crippen molar-refractivity contribution in [3.63, 3.8) is 0 Å². The maximum absolute atomic E-state index is 13.9. The molecule has 0 aliphatic carbocycles. The Morgan fingerprint density at radius 1 is 1.38 bits per heavy atom. The Morgan fingerprint density at radius 3 is 2.82 bits per heavy atom. The second-order valence-electron chi connectivity index (χ2n) is 7.87. The van der Waals surface area contributed by atoms with Crippen LogP contribution in [0.2, 0.25) is 5.02 Å². The van der Waals surface area contributed by atoms with Gasteiger partial charge in [-0.3, -0.25) is 4.79 Å². The summed E-state index contributed by atoms with van der Waals surface area (Å²) in [6, 6.07) is 2.31. The Balaban J connectivity index is 1.61. The molecule has 0 saturated carbocycles. The molecule has 8 nitrogen and oxygen atoms in total. The highest BCUT2D eigenvalue weighted by Gasteiger charge is 2.23. The van der Waals surface area contributed by atoms with Gasteiger partial charge in [-0.25, -0.2) is 19.4 Å². The molecule has 1 saturated heterocycles. The fraction of sp³-hybridized carbons (Fsp3) is 0.304. The Bertz CT molecular complexity index is 1270. The Hall–Kier alpha value is -3.16. The van der Waals surface area contributed by atoms with E-state index in [2.05, 4.69) is 21.5 Å². The molecular formula is C23H24ClFN5O3P. The molecule has 1 fully saturated rings. The van der Waals surface area contributed by atoms with Crippen molar-refractivity contribution in [1.29, 1.82) is 0 Å². The fourth-order valence-electron chi connectivity index (χ4n) is 3.74. The number of allylic oxidation sites excluding steroid dienone is 1. The molecule has 1 aliphatic heterocycles. The normalized spacial score (nSPS) is 15.2. The van der Waals surface area contributed by atoms with Crippen LogP contribution in [-0.4, -0.2) is 49.4 Å². The molecule has 1 amide bonds. The minimum Gasteiger partial charge on any atom is -0.507 e. The molecule has 178 valence electrons. The third kappa shape index (κ3) is 4.72. The zero-order chi connectivity index (χ0) is 24.4. The number of halogens is 2. The number of carbonyl (C=O) groups excluding carboxylic acids is 1. The van der Waals surface area contributed by atoms with E-state index in [4.69, 9.17) is 16.4 Å². The third-order valence-corrected chi connectivity index (χ3v) is 7.16. The molecule has 34 heavy (non-hydrogen) atoms. The van der Waals surface area contributed by atoms with E-state index in [9.17, 15) is 14.3 Å². The van der Waals surface area contributed by atoms with Gasteiger partial charge in [0.05, 0.1) is 22.0 Å². The van der Waals surface area contributed by atoms with Crippen LogP contribution >= 0.6 is 19.8 Å². The summed E-state index contributed by atoms with van der Waals surface area (Å²) in [5.41, 5.74) is 1.75. The van der Waals surface area contributed by atoms with Gasteiger partial charge in [0.15, 0.2) is 11.9 Å². The maximum Gasteiger partial charge on any atom is 0.276 e. The van der Waals surface area contributed by atoms with Crippen LogP contribution in [0.1, 0.15) is 52.6 Å². The Labute approximate surface area is 202 Å². The lowest BCUT2D eigenvalue weighted by molar-refractivity contribution is 0.0489. The Morgan fingerprint density at radius 2 is 2.12 bits per heavy atom. The van der Waals surface area contributed by atoms with Gasteiger partial charge < -0.3 is 14.8 Å². The number of hydrogen-bond donors (Lipinski definition) is 1. The number of hydrogen-bond acceptors (Lipinski definition) is 6. The first kappa shape index (κ1) is 24.0. The van der Waals surface area contributed by atoms with Crippen molar-refractivity contribution in [3.8, 4) is 5.75 Å². The first-order valence-corrected chi connectivity index (χ1v) is 12.1. The first-order valence-electron chi connectivity index (χ1n) is 10.7. The van der Waals surface area contributed by atoms with Crippen molar-refractivity contribution in [2.75, 3.05) is 13.1 Å². The van der Waals surface area contributed by atoms with E-state index in [1.54, 1.807) is 26.1 Å². The summed E-state index contributed by atoms with van der Waals surface area (Å²) in [5, 5.41) is 10.7. The van der Waals surface area contributed by atoms with E-state index in [1.807, 2.05) is 4.90 Å². The highest BCUT2D eigenvalue weighted by Crippen LogP contribution is 2.35. The van der Waals surface area contributed by atoms with Gasteiger partial charge in [-0.2, -0.15) is 4.73 Å². The number of phenolic OH excluding ortho intramolecular Hbond substituents is 1. The van der Waals surface area contributed by atoms with Crippen LogP contribution in [-0.2, 0) is 0 Å². The number of likely N-dealkylation sites (tertiary alicyclic amines) is 1. The van der Waals surface area contributed by atoms with Crippen molar-refractivity contribution in [1.82, 2.24) is 19.6 Å². The first-order chi connectivity index (χ1) is 16.3. The standard InChI is InChI=1S/C23H24ClFN5O3P/c1-4-16(18-11-26-22(34-18)23(32)29-9-5-6-10-29)28-21-13(2)27-12-30(21)33-14(3)19-17(31)8-7-15(25)20(19)24/h4,7-8,11-12,14,31,34H,1,5-6,9-10H2,2-3H3/b28-16+. The molecule has 2 aromatic heterocycles. The van der Waals surface area contributed by atoms with Crippen molar-refractivity contribution in [3.05, 3.63) is 70.1 Å². The zero-order valence-corrected chi connectivity index (χ0v) is 20.5. The van der Waals surface area contributed by atoms with Gasteiger partial charge in [0.1, 0.15) is 23.3 Å². The summed E-state index contributed by atoms with van der Waals surface area (Å²) in [6.07, 6.45) is 5.89. The molecule has 0 spiro atoms. The van der Waals surface area contributed by atoms with Crippen LogP contribution in [0.25, 0.3) is 0 Å². The van der Waals surface area contributed by atoms with Crippen molar-refractivity contribution < 1.29 is 19.1 Å². The predicted octanol–water partition coefficient (Wildman–Crippen LogP) is 4.85. The van der Waals surface area contributed by atoms with Gasteiger partial charge in [0.25, 0.3) is 5.91 Å². The number of phenols is 1. The topological polar surface area (TPSA) is 92.8 Å². The molecule has 0 bridgehead atoms. The number of aliphatic imine (C=N–C) groups is 1. The van der Waals surface area contributed by atoms with Crippen LogP contribution < -0.4 is 4.84 Å². The van der Waals surface area contributed by atoms with E-state index >= 15 is 0 Å². The molecule has 1 aromatic carbocycles. The van der Waals surface area contributed by atoms with Gasteiger partial charge in [-0.1, -0.05) is 26.4 Å². The number of aryl methyl sites for hydroxylation is 1. The van der Waals surface area contributed by atoms with Gasteiger partial charge in [-0.15, -0.1) is 0 Å². The zero-order valence-electron chi connectivity index (χ0n) is 18.8. The summed E-state index contributed by atoms with van der Waals surface area (Å²) in [7, 11) is 0.0636. The number of amides is 1. The SMILES string of the molecule is C=C/C(=N\c1c(C)ncn1OC(C)c1c(O)ccc(F)c1Cl)c1cnc(C(=O)N2CCCC2)[pH]1. The number of carbonyl (C=O) groups is 1. The molecule has 2 unspecified atom stereocenters. The largest absolute Gasteiger partial charge is 0.507 e. The summed E-state index contributed by atoms with van der Waals surface area (Å²) >= 11 is 6.05. The predicted molar refractivity (Wildman–Crippen MR) is 130 cm³/mol. The molecular weight excluding hydrogens is 480 g/mol. The van der Waals surface area contributed by atoms with E-state index in [0.29, 0.717) is 22.6 Å². The molecule has 3 heterocycles. The molecule has 11 heteroatoms. The molecule has 1 aliphatic rings. The highest BCUT2D eigenvalue weighted by molar-refractivity contribution is 7.34. The van der Waals surface area contributed by atoms with Gasteiger partial charge in [0.2, 0.25) is 0 Å². The summed E-state index contributed by atoms with van der Waals surface area (Å²) in [4.78, 5) is 33.7. The van der Waals surface area contributed by atoms with Crippen molar-refractivity contribution in [2.45, 2.75) is 32.8 Å². The number of aromatic hydroxyl groups is 1. The lowest BCUT2D eigenvalue weighted by Crippen LogP contribution is -2.27. The van der Waals surface area contributed by atoms with Crippen LogP contribution in [0.15, 0.2) is 42.3 Å². The fourth-order valence-corrected chi connectivity index (χ4v) is 5.12. The highest BCUT2D eigenvalue weighted by atomic mass is 35.5. The van der Waals surface area contributed by atoms with Gasteiger partial charge in [-0.05, 0) is 44.9 Å². The molecule has 4 rings (SSSR count). The summed E-state index contributed by atoms with van der Waals surface area (Å²) < 4.78 is 15.3. The lowest BCUT2D eigenvalue weighted by atomic mass is 10.1. The monoisotopic (exact) mass is 503 g/mol. The van der Waals surface area contributed by atoms with Crippen LogP contribution in [0.5, 0.6) is 5.75 Å². The summed E-state index contributed by atoms with van der Waals surface area (Å²) in [5.74, 6) is -0.487. The third-order valence-electron chi connectivity index (χ3n) is 5.54. The van der Waals surface area contributed by atoms with Gasteiger partial charge >= 0.3 is 0 Å². The Kier molecular flexibility index (Phi) is 7.05. The second kappa shape index (κ2) is 9.99. The maximum atomic E-state index is 13.9. The molecule has 0 radical (unpaired) electrons. The summed E-state index contributed by atoms with van der Waals surface area (Å²) in [6.45, 7) is 8.78. The molecule has 1 N–H and O–H groups in total. The average Bonchev–Trinajstić information content (AvgIpc) is 3.57. The number of benzene rings is 1. The number of aromatic nitrogens is 3. The smallest absolute Gasteiger partial charge is 0.276 e. The van der Waals surface area contributed by atoms with E-state index in [1.165, 1.54) is 17.1 Å². The van der Waals surface area contributed by atoms with E-state index in [-0.39, 0.29) is 30.4 Å². The molecule has 2 atom stereocenters. The van der Waals surface area contributed by atoms with Crippen molar-refractivity contribution >= 4 is 37.2 Å². The minimum atomic E-state index is -0.807. The molecule has 3 aromatic rings. The minimum absolute atomic E-state index is 0.0318. The quantitative estimate of drug-likeness (QED) is 0.465. The number of nitrogens with zero attached hydrogens (tertiary/aromatic N) is 5. The van der Waals surface area contributed by atoms with Crippen molar-refractivity contribution in [2.24, 2.45) is 4.99 Å². The number of rotatable bonds is 7. The van der Waals surface area contributed by atoms with Crippen LogP contribution in [0, 0.1) is 12.7 Å². The van der Waals surface area contributed by atoms with Gasteiger partial charge in [0, 0.05) is 24.6 Å². The lowest BCUT2D eigenvalue weighted by Gasteiger charge is -2.18. The number of imidazole rings is 1.